The first-order valence-electron chi connectivity index (χ1n) is 8.59. The number of halogens is 1. The first-order valence-corrected chi connectivity index (χ1v) is 8.97. The fourth-order valence-corrected chi connectivity index (χ4v) is 3.53. The Bertz CT molecular complexity index is 1010. The Morgan fingerprint density at radius 3 is 2.73 bits per heavy atom. The number of nitrogens with zero attached hydrogens (tertiary/aromatic N) is 4. The second-order valence-electron chi connectivity index (χ2n) is 6.71. The normalized spacial score (nSPS) is 14.4. The number of aryl methyl sites for hydroxylation is 2. The summed E-state index contributed by atoms with van der Waals surface area (Å²) in [5, 5.41) is 5.05. The third kappa shape index (κ3) is 3.30. The van der Waals surface area contributed by atoms with E-state index in [-0.39, 0.29) is 5.56 Å². The fraction of sp³-hybridized carbons (Fsp3) is 0.316. The lowest BCUT2D eigenvalue weighted by atomic mass is 10.1. The molecule has 0 aliphatic carbocycles. The minimum atomic E-state index is -0.0640. The van der Waals surface area contributed by atoms with Crippen molar-refractivity contribution >= 4 is 11.6 Å². The number of benzene rings is 1. The summed E-state index contributed by atoms with van der Waals surface area (Å²) in [6.07, 6.45) is 0.761. The van der Waals surface area contributed by atoms with Gasteiger partial charge in [-0.15, -0.1) is 0 Å². The summed E-state index contributed by atoms with van der Waals surface area (Å²) in [4.78, 5) is 22.5. The topological polar surface area (TPSA) is 66.8 Å². The van der Waals surface area contributed by atoms with Crippen molar-refractivity contribution in [2.24, 2.45) is 7.05 Å². The maximum absolute atomic E-state index is 12.6. The maximum Gasteiger partial charge on any atom is 0.255 e. The molecule has 1 aliphatic rings. The van der Waals surface area contributed by atoms with E-state index in [4.69, 9.17) is 16.6 Å². The van der Waals surface area contributed by atoms with Crippen molar-refractivity contribution in [3.8, 4) is 11.4 Å². The number of nitrogens with one attached hydrogen (secondary N) is 1. The van der Waals surface area contributed by atoms with E-state index in [0.717, 1.165) is 47.7 Å². The molecular weight excluding hydrogens is 350 g/mol. The summed E-state index contributed by atoms with van der Waals surface area (Å²) < 4.78 is 1.90. The van der Waals surface area contributed by atoms with E-state index in [0.29, 0.717) is 17.4 Å². The highest BCUT2D eigenvalue weighted by Gasteiger charge is 2.22. The van der Waals surface area contributed by atoms with Crippen LogP contribution in [0.2, 0.25) is 5.02 Å². The number of hydrogen-bond donors (Lipinski definition) is 1. The van der Waals surface area contributed by atoms with E-state index in [1.165, 1.54) is 0 Å². The van der Waals surface area contributed by atoms with Crippen LogP contribution in [0, 0.1) is 6.92 Å². The molecule has 2 aromatic heterocycles. The van der Waals surface area contributed by atoms with Gasteiger partial charge in [-0.2, -0.15) is 5.10 Å². The Hall–Kier alpha value is -2.44. The third-order valence-corrected chi connectivity index (χ3v) is 5.00. The highest BCUT2D eigenvalue weighted by atomic mass is 35.5. The van der Waals surface area contributed by atoms with Crippen LogP contribution in [-0.4, -0.2) is 31.2 Å². The van der Waals surface area contributed by atoms with Crippen LogP contribution in [0.25, 0.3) is 11.4 Å². The Morgan fingerprint density at radius 2 is 2.04 bits per heavy atom. The van der Waals surface area contributed by atoms with Crippen LogP contribution in [0.4, 0.5) is 0 Å². The van der Waals surface area contributed by atoms with Gasteiger partial charge < -0.3 is 4.98 Å². The molecular formula is C19H20ClN5O. The fourth-order valence-electron chi connectivity index (χ4n) is 3.40. The molecule has 0 fully saturated rings. The summed E-state index contributed by atoms with van der Waals surface area (Å²) in [5.74, 6) is 0.598. The molecule has 0 bridgehead atoms. The van der Waals surface area contributed by atoms with Crippen molar-refractivity contribution in [1.82, 2.24) is 24.6 Å². The van der Waals surface area contributed by atoms with E-state index >= 15 is 0 Å². The predicted molar refractivity (Wildman–Crippen MR) is 101 cm³/mol. The average molecular weight is 370 g/mol. The van der Waals surface area contributed by atoms with E-state index in [1.807, 2.05) is 30.8 Å². The van der Waals surface area contributed by atoms with Gasteiger partial charge in [0.1, 0.15) is 5.82 Å². The SMILES string of the molecule is Cc1cc(CN2CCc3nc(-c4ccc(Cl)cc4)[nH]c(=O)c3C2)n(C)n1. The van der Waals surface area contributed by atoms with Crippen molar-refractivity contribution in [2.75, 3.05) is 6.54 Å². The molecule has 1 aliphatic heterocycles. The minimum Gasteiger partial charge on any atom is -0.306 e. The summed E-state index contributed by atoms with van der Waals surface area (Å²) in [6.45, 7) is 4.23. The average Bonchev–Trinajstić information content (AvgIpc) is 2.93. The number of fused-ring (bicyclic) bond motifs is 1. The zero-order valence-electron chi connectivity index (χ0n) is 14.8. The molecule has 0 amide bonds. The van der Waals surface area contributed by atoms with Crippen LogP contribution in [0.3, 0.4) is 0 Å². The van der Waals surface area contributed by atoms with Gasteiger partial charge in [0.05, 0.1) is 22.6 Å². The molecule has 3 aromatic rings. The van der Waals surface area contributed by atoms with Gasteiger partial charge in [-0.1, -0.05) is 11.6 Å². The number of hydrogen-bond acceptors (Lipinski definition) is 4. The maximum atomic E-state index is 12.6. The molecule has 1 N–H and O–H groups in total. The van der Waals surface area contributed by atoms with Gasteiger partial charge in [0, 0.05) is 43.7 Å². The minimum absolute atomic E-state index is 0.0640. The van der Waals surface area contributed by atoms with Crippen molar-refractivity contribution in [2.45, 2.75) is 26.4 Å². The van der Waals surface area contributed by atoms with E-state index in [1.54, 1.807) is 12.1 Å². The van der Waals surface area contributed by atoms with Crippen LogP contribution < -0.4 is 5.56 Å². The first-order chi connectivity index (χ1) is 12.5. The summed E-state index contributed by atoms with van der Waals surface area (Å²) in [6, 6.07) is 9.42. The van der Waals surface area contributed by atoms with Gasteiger partial charge >= 0.3 is 0 Å². The highest BCUT2D eigenvalue weighted by molar-refractivity contribution is 6.30. The molecule has 1 aromatic carbocycles. The molecule has 3 heterocycles. The van der Waals surface area contributed by atoms with Crippen LogP contribution in [0.5, 0.6) is 0 Å². The summed E-state index contributed by atoms with van der Waals surface area (Å²) in [7, 11) is 1.95. The van der Waals surface area contributed by atoms with Crippen molar-refractivity contribution in [1.29, 1.82) is 0 Å². The second-order valence-corrected chi connectivity index (χ2v) is 7.14. The molecule has 26 heavy (non-hydrogen) atoms. The van der Waals surface area contributed by atoms with E-state index in [9.17, 15) is 4.79 Å². The molecule has 4 rings (SSSR count). The Kier molecular flexibility index (Phi) is 4.38. The van der Waals surface area contributed by atoms with Gasteiger partial charge in [0.2, 0.25) is 0 Å². The van der Waals surface area contributed by atoms with Crippen LogP contribution >= 0.6 is 11.6 Å². The number of rotatable bonds is 3. The van der Waals surface area contributed by atoms with Gasteiger partial charge in [0.15, 0.2) is 0 Å². The zero-order chi connectivity index (χ0) is 18.3. The Balaban J connectivity index is 1.59. The van der Waals surface area contributed by atoms with E-state index < -0.39 is 0 Å². The molecule has 134 valence electrons. The standard InChI is InChI=1S/C19H20ClN5O/c1-12-9-15(24(2)23-12)10-25-8-7-17-16(11-25)19(26)22-18(21-17)13-3-5-14(20)6-4-13/h3-6,9H,7-8,10-11H2,1-2H3,(H,21,22,26). The number of aromatic amines is 1. The number of H-pyrrole nitrogens is 1. The van der Waals surface area contributed by atoms with Gasteiger partial charge in [0.25, 0.3) is 5.56 Å². The van der Waals surface area contributed by atoms with Crippen LogP contribution in [-0.2, 0) is 26.6 Å². The molecule has 0 radical (unpaired) electrons. The molecule has 0 spiro atoms. The molecule has 7 heteroatoms. The molecule has 0 unspecified atom stereocenters. The summed E-state index contributed by atoms with van der Waals surface area (Å²) >= 11 is 5.94. The van der Waals surface area contributed by atoms with Crippen LogP contribution in [0.1, 0.15) is 22.6 Å². The van der Waals surface area contributed by atoms with Gasteiger partial charge in [-0.25, -0.2) is 4.98 Å². The van der Waals surface area contributed by atoms with Crippen molar-refractivity contribution in [3.63, 3.8) is 0 Å². The van der Waals surface area contributed by atoms with Gasteiger partial charge in [-0.05, 0) is 37.3 Å². The van der Waals surface area contributed by atoms with Crippen LogP contribution in [0.15, 0.2) is 35.1 Å². The molecule has 0 atom stereocenters. The number of aromatic nitrogens is 4. The third-order valence-electron chi connectivity index (χ3n) is 4.75. The Morgan fingerprint density at radius 1 is 1.27 bits per heavy atom. The zero-order valence-corrected chi connectivity index (χ0v) is 15.5. The smallest absolute Gasteiger partial charge is 0.255 e. The lowest BCUT2D eigenvalue weighted by molar-refractivity contribution is 0.235. The lowest BCUT2D eigenvalue weighted by Gasteiger charge is -2.27. The summed E-state index contributed by atoms with van der Waals surface area (Å²) in [5.41, 5.74) is 4.59. The highest BCUT2D eigenvalue weighted by Crippen LogP contribution is 2.21. The van der Waals surface area contributed by atoms with E-state index in [2.05, 4.69) is 21.0 Å². The largest absolute Gasteiger partial charge is 0.306 e. The second kappa shape index (κ2) is 6.70. The van der Waals surface area contributed by atoms with Gasteiger partial charge in [-0.3, -0.25) is 14.4 Å². The van der Waals surface area contributed by atoms with Crippen molar-refractivity contribution in [3.05, 3.63) is 68.4 Å². The monoisotopic (exact) mass is 369 g/mol. The molecule has 6 nitrogen and oxygen atoms in total. The molecule has 0 saturated carbocycles. The lowest BCUT2D eigenvalue weighted by Crippen LogP contribution is -2.35. The Labute approximate surface area is 156 Å². The first kappa shape index (κ1) is 17.0. The molecule has 0 saturated heterocycles. The predicted octanol–water partition coefficient (Wildman–Crippen LogP) is 2.69. The van der Waals surface area contributed by atoms with Crippen molar-refractivity contribution < 1.29 is 0 Å². The quantitative estimate of drug-likeness (QED) is 0.770.